The number of hydrogen-bond acceptors (Lipinski definition) is 7. The number of carbonyl (C=O) groups is 1. The fourth-order valence-corrected chi connectivity index (χ4v) is 6.07. The monoisotopic (exact) mass is 507 g/mol. The summed E-state index contributed by atoms with van der Waals surface area (Å²) < 4.78 is 10.6. The molecule has 0 aliphatic carbocycles. The summed E-state index contributed by atoms with van der Waals surface area (Å²) in [5.41, 5.74) is 2.62. The van der Waals surface area contributed by atoms with Gasteiger partial charge in [-0.2, -0.15) is 0 Å². The Morgan fingerprint density at radius 1 is 1.05 bits per heavy atom. The molecule has 4 saturated heterocycles. The van der Waals surface area contributed by atoms with Crippen molar-refractivity contribution in [2.75, 3.05) is 57.9 Å². The Labute approximate surface area is 220 Å². The number of piperidine rings is 4. The van der Waals surface area contributed by atoms with Crippen molar-refractivity contribution in [3.05, 3.63) is 42.1 Å². The minimum absolute atomic E-state index is 0.100. The Hall–Kier alpha value is -2.55. The minimum Gasteiger partial charge on any atom is -0.382 e. The van der Waals surface area contributed by atoms with Gasteiger partial charge in [-0.15, -0.1) is 0 Å². The third-order valence-electron chi connectivity index (χ3n) is 8.73. The minimum atomic E-state index is -0.357. The van der Waals surface area contributed by atoms with Gasteiger partial charge in [-0.3, -0.25) is 4.79 Å². The average Bonchev–Trinajstić information content (AvgIpc) is 2.92. The van der Waals surface area contributed by atoms with Gasteiger partial charge in [0, 0.05) is 43.9 Å². The van der Waals surface area contributed by atoms with E-state index in [4.69, 9.17) is 14.5 Å². The molecular weight excluding hydrogens is 466 g/mol. The van der Waals surface area contributed by atoms with E-state index >= 15 is 0 Å². The molecule has 0 radical (unpaired) electrons. The molecule has 0 spiro atoms. The van der Waals surface area contributed by atoms with Gasteiger partial charge in [0.25, 0.3) is 0 Å². The van der Waals surface area contributed by atoms with Crippen LogP contribution in [0.3, 0.4) is 0 Å². The number of hydrogen-bond donors (Lipinski definition) is 1. The molecule has 8 nitrogen and oxygen atoms in total. The van der Waals surface area contributed by atoms with Crippen molar-refractivity contribution in [1.29, 1.82) is 0 Å². The summed E-state index contributed by atoms with van der Waals surface area (Å²) in [5.74, 6) is 1.54. The van der Waals surface area contributed by atoms with Crippen LogP contribution in [-0.4, -0.2) is 79.4 Å². The van der Waals surface area contributed by atoms with Crippen molar-refractivity contribution >= 4 is 11.9 Å². The maximum absolute atomic E-state index is 13.5. The first kappa shape index (κ1) is 26.1. The Morgan fingerprint density at radius 3 is 2.43 bits per heavy atom. The quantitative estimate of drug-likeness (QED) is 0.520. The summed E-state index contributed by atoms with van der Waals surface area (Å²) >= 11 is 0. The third-order valence-corrected chi connectivity index (χ3v) is 8.73. The zero-order valence-electron chi connectivity index (χ0n) is 22.5. The highest BCUT2D eigenvalue weighted by molar-refractivity contribution is 5.83. The first-order valence-electron chi connectivity index (χ1n) is 13.7. The number of rotatable bonds is 9. The molecule has 4 aliphatic heterocycles. The zero-order chi connectivity index (χ0) is 25.9. The summed E-state index contributed by atoms with van der Waals surface area (Å²) in [4.78, 5) is 27.6. The number of aromatic nitrogens is 2. The first-order chi connectivity index (χ1) is 17.9. The van der Waals surface area contributed by atoms with E-state index < -0.39 is 0 Å². The number of nitrogens with zero attached hydrogens (tertiary/aromatic N) is 4. The molecule has 2 bridgehead atoms. The second-order valence-corrected chi connectivity index (χ2v) is 11.5. The molecule has 4 fully saturated rings. The van der Waals surface area contributed by atoms with Gasteiger partial charge < -0.3 is 24.6 Å². The number of benzene rings is 1. The number of fused-ring (bicyclic) bond motifs is 3. The molecule has 4 aliphatic rings. The van der Waals surface area contributed by atoms with Gasteiger partial charge in [-0.25, -0.2) is 9.97 Å². The molecule has 1 aromatic heterocycles. The predicted molar refractivity (Wildman–Crippen MR) is 144 cm³/mol. The summed E-state index contributed by atoms with van der Waals surface area (Å²) in [6.45, 7) is 11.0. The van der Waals surface area contributed by atoms with Crippen molar-refractivity contribution in [2.45, 2.75) is 51.7 Å². The topological polar surface area (TPSA) is 79.8 Å². The molecule has 37 heavy (non-hydrogen) atoms. The van der Waals surface area contributed by atoms with E-state index in [1.807, 2.05) is 12.3 Å². The molecule has 1 N–H and O–H groups in total. The van der Waals surface area contributed by atoms with Gasteiger partial charge >= 0.3 is 0 Å². The van der Waals surface area contributed by atoms with E-state index in [9.17, 15) is 4.79 Å². The second-order valence-electron chi connectivity index (χ2n) is 11.5. The van der Waals surface area contributed by atoms with E-state index in [0.29, 0.717) is 25.7 Å². The summed E-state index contributed by atoms with van der Waals surface area (Å²) in [5, 5.41) is 3.50. The van der Waals surface area contributed by atoms with Gasteiger partial charge in [0.2, 0.25) is 11.9 Å². The summed E-state index contributed by atoms with van der Waals surface area (Å²) in [6, 6.07) is 10.3. The van der Waals surface area contributed by atoms with Crippen molar-refractivity contribution in [3.63, 3.8) is 0 Å². The fraction of sp³-hybridized carbons (Fsp3) is 0.621. The predicted octanol–water partition coefficient (Wildman–Crippen LogP) is 3.51. The van der Waals surface area contributed by atoms with Crippen molar-refractivity contribution in [1.82, 2.24) is 20.2 Å². The normalized spacial score (nSPS) is 26.7. The molecule has 1 unspecified atom stereocenters. The highest BCUT2D eigenvalue weighted by atomic mass is 16.5. The highest BCUT2D eigenvalue weighted by Crippen LogP contribution is 2.38. The van der Waals surface area contributed by atoms with Crippen molar-refractivity contribution in [2.24, 2.45) is 11.3 Å². The van der Waals surface area contributed by atoms with Crippen molar-refractivity contribution < 1.29 is 14.3 Å². The standard InChI is InChI=1S/C29H41N5O3/c1-28(26(35)32-29(2)21-33-14-9-24(29)10-15-33)11-16-34(17-12-28)27-30-13-8-25(31-27)23-6-4-22(5-7-23)20-37-19-18-36-3/h4-8,13,24H,9-12,14-21H2,1-3H3,(H,32,35). The van der Waals surface area contributed by atoms with Crippen LogP contribution in [0.4, 0.5) is 5.95 Å². The average molecular weight is 508 g/mol. The maximum atomic E-state index is 13.5. The number of ether oxygens (including phenoxy) is 2. The number of carbonyl (C=O) groups excluding carboxylic acids is 1. The van der Waals surface area contributed by atoms with E-state index in [0.717, 1.165) is 55.2 Å². The van der Waals surface area contributed by atoms with Crippen LogP contribution in [0.1, 0.15) is 45.1 Å². The largest absolute Gasteiger partial charge is 0.382 e. The molecule has 6 rings (SSSR count). The SMILES string of the molecule is COCCOCc1ccc(-c2ccnc(N3CCC(C)(C(=O)NC4(C)CN5CCC4CC5)CC3)n2)cc1. The molecule has 1 amide bonds. The van der Waals surface area contributed by atoms with Crippen LogP contribution in [-0.2, 0) is 20.9 Å². The molecule has 1 aromatic carbocycles. The van der Waals surface area contributed by atoms with E-state index in [2.05, 4.69) is 58.2 Å². The van der Waals surface area contributed by atoms with Gasteiger partial charge in [0.05, 0.1) is 31.1 Å². The van der Waals surface area contributed by atoms with E-state index in [1.165, 1.54) is 25.9 Å². The number of anilines is 1. The molecule has 1 atom stereocenters. The van der Waals surface area contributed by atoms with Crippen LogP contribution in [0, 0.1) is 11.3 Å². The molecule has 8 heteroatoms. The van der Waals surface area contributed by atoms with Crippen LogP contribution in [0.2, 0.25) is 0 Å². The van der Waals surface area contributed by atoms with Gasteiger partial charge in [0.1, 0.15) is 0 Å². The zero-order valence-corrected chi connectivity index (χ0v) is 22.5. The van der Waals surface area contributed by atoms with E-state index in [-0.39, 0.29) is 16.9 Å². The lowest BCUT2D eigenvalue weighted by molar-refractivity contribution is -0.136. The Kier molecular flexibility index (Phi) is 7.79. The molecule has 200 valence electrons. The molecular formula is C29H41N5O3. The van der Waals surface area contributed by atoms with Crippen LogP contribution in [0.15, 0.2) is 36.5 Å². The number of nitrogens with one attached hydrogen (secondary N) is 1. The lowest BCUT2D eigenvalue weighted by Gasteiger charge is -2.53. The fourth-order valence-electron chi connectivity index (χ4n) is 6.07. The lowest BCUT2D eigenvalue weighted by atomic mass is 9.72. The van der Waals surface area contributed by atoms with Crippen molar-refractivity contribution in [3.8, 4) is 11.3 Å². The molecule has 5 heterocycles. The second kappa shape index (κ2) is 11.1. The maximum Gasteiger partial charge on any atom is 0.226 e. The van der Waals surface area contributed by atoms with Gasteiger partial charge in [0.15, 0.2) is 0 Å². The Morgan fingerprint density at radius 2 is 1.78 bits per heavy atom. The van der Waals surface area contributed by atoms with Gasteiger partial charge in [-0.05, 0) is 63.2 Å². The van der Waals surface area contributed by atoms with Crippen LogP contribution in [0.5, 0.6) is 0 Å². The smallest absolute Gasteiger partial charge is 0.226 e. The molecule has 2 aromatic rings. The molecule has 0 saturated carbocycles. The summed E-state index contributed by atoms with van der Waals surface area (Å²) in [6.07, 6.45) is 5.82. The van der Waals surface area contributed by atoms with Gasteiger partial charge in [-0.1, -0.05) is 31.2 Å². The lowest BCUT2D eigenvalue weighted by Crippen LogP contribution is -2.67. The Balaban J connectivity index is 1.18. The van der Waals surface area contributed by atoms with Crippen LogP contribution < -0.4 is 10.2 Å². The Bertz CT molecular complexity index is 1060. The van der Waals surface area contributed by atoms with Crippen LogP contribution >= 0.6 is 0 Å². The summed E-state index contributed by atoms with van der Waals surface area (Å²) in [7, 11) is 1.67. The highest BCUT2D eigenvalue weighted by Gasteiger charge is 2.47. The third kappa shape index (κ3) is 5.81. The first-order valence-corrected chi connectivity index (χ1v) is 13.7. The van der Waals surface area contributed by atoms with Crippen LogP contribution in [0.25, 0.3) is 11.3 Å². The number of methoxy groups -OCH3 is 1. The number of amides is 1. The van der Waals surface area contributed by atoms with E-state index in [1.54, 1.807) is 7.11 Å².